The number of nitrogens with one attached hydrogen (secondary N) is 4. The summed E-state index contributed by atoms with van der Waals surface area (Å²) in [5.74, 6) is -2.37. The lowest BCUT2D eigenvalue weighted by Gasteiger charge is -2.29. The van der Waals surface area contributed by atoms with E-state index in [2.05, 4.69) is 26.3 Å². The van der Waals surface area contributed by atoms with Crippen molar-refractivity contribution in [2.24, 2.45) is 5.92 Å². The van der Waals surface area contributed by atoms with E-state index in [0.717, 1.165) is 5.56 Å². The number of benzene rings is 2. The third-order valence-electron chi connectivity index (χ3n) is 7.80. The lowest BCUT2D eigenvalue weighted by Crippen LogP contribution is -2.57. The zero-order chi connectivity index (χ0) is 32.5. The van der Waals surface area contributed by atoms with Gasteiger partial charge in [-0.2, -0.15) is 0 Å². The van der Waals surface area contributed by atoms with Crippen LogP contribution in [0.2, 0.25) is 0 Å². The summed E-state index contributed by atoms with van der Waals surface area (Å²) >= 11 is 0. The van der Waals surface area contributed by atoms with Crippen molar-refractivity contribution in [3.8, 4) is 0 Å². The number of rotatable bonds is 6. The van der Waals surface area contributed by atoms with E-state index in [4.69, 9.17) is 0 Å². The standard InChI is InChI=1S/C34H42N6O5/c1-5-24-19-40(34(45)26-13-9-15-27-25(26)14-10-16-35-27)20-30(41)36-22(4)31(42)38-28(17-21(2)3)33(44)39-29(32(43)37-24)18-23-11-7-6-8-12-23/h6-16,21-22,24,28-29H,5,17-20H2,1-4H3,(H,36,41)(H,37,43)(H,38,42)(H,39,44)/t22-,24+,28+,29+/m1/s1. The minimum atomic E-state index is -0.981. The molecule has 238 valence electrons. The van der Waals surface area contributed by atoms with Crippen molar-refractivity contribution in [1.82, 2.24) is 31.2 Å². The van der Waals surface area contributed by atoms with Crippen LogP contribution < -0.4 is 21.3 Å². The van der Waals surface area contributed by atoms with Gasteiger partial charge >= 0.3 is 0 Å². The Balaban J connectivity index is 1.70. The van der Waals surface area contributed by atoms with Crippen LogP contribution in [0.4, 0.5) is 0 Å². The second-order valence-corrected chi connectivity index (χ2v) is 11.9. The molecule has 4 rings (SSSR count). The molecule has 0 unspecified atom stereocenters. The van der Waals surface area contributed by atoms with Gasteiger partial charge in [0.2, 0.25) is 23.6 Å². The van der Waals surface area contributed by atoms with Gasteiger partial charge in [-0.1, -0.05) is 63.2 Å². The Labute approximate surface area is 263 Å². The van der Waals surface area contributed by atoms with Crippen molar-refractivity contribution in [3.63, 3.8) is 0 Å². The summed E-state index contributed by atoms with van der Waals surface area (Å²) in [7, 11) is 0. The molecule has 0 aliphatic carbocycles. The molecule has 1 saturated heterocycles. The van der Waals surface area contributed by atoms with Gasteiger partial charge in [0.1, 0.15) is 18.1 Å². The van der Waals surface area contributed by atoms with E-state index in [-0.39, 0.29) is 25.4 Å². The Morgan fingerprint density at radius 2 is 1.58 bits per heavy atom. The molecular formula is C34H42N6O5. The van der Waals surface area contributed by atoms with Gasteiger partial charge in [-0.3, -0.25) is 29.0 Å². The van der Waals surface area contributed by atoms with Crippen molar-refractivity contribution in [2.45, 2.75) is 71.1 Å². The summed E-state index contributed by atoms with van der Waals surface area (Å²) < 4.78 is 0. The minimum Gasteiger partial charge on any atom is -0.350 e. The fourth-order valence-corrected chi connectivity index (χ4v) is 5.38. The molecule has 45 heavy (non-hydrogen) atoms. The summed E-state index contributed by atoms with van der Waals surface area (Å²) in [4.78, 5) is 73.5. The largest absolute Gasteiger partial charge is 0.350 e. The molecule has 11 heteroatoms. The number of nitrogens with zero attached hydrogens (tertiary/aromatic N) is 2. The monoisotopic (exact) mass is 614 g/mol. The number of carbonyl (C=O) groups excluding carboxylic acids is 5. The first-order valence-corrected chi connectivity index (χ1v) is 15.4. The molecule has 0 radical (unpaired) electrons. The third-order valence-corrected chi connectivity index (χ3v) is 7.80. The van der Waals surface area contributed by atoms with Crippen molar-refractivity contribution in [2.75, 3.05) is 13.1 Å². The van der Waals surface area contributed by atoms with Crippen LogP contribution in [0.15, 0.2) is 66.9 Å². The molecule has 5 amide bonds. The molecule has 0 spiro atoms. The first-order valence-electron chi connectivity index (χ1n) is 15.4. The molecule has 1 aliphatic rings. The Morgan fingerprint density at radius 1 is 0.867 bits per heavy atom. The number of carbonyl (C=O) groups is 5. The van der Waals surface area contributed by atoms with Gasteiger partial charge < -0.3 is 26.2 Å². The predicted molar refractivity (Wildman–Crippen MR) is 171 cm³/mol. The quantitative estimate of drug-likeness (QED) is 0.335. The summed E-state index contributed by atoms with van der Waals surface area (Å²) in [6.07, 6.45) is 2.64. The van der Waals surface area contributed by atoms with Crippen molar-refractivity contribution < 1.29 is 24.0 Å². The summed E-state index contributed by atoms with van der Waals surface area (Å²) in [6, 6.07) is 14.7. The molecule has 1 fully saturated rings. The van der Waals surface area contributed by atoms with E-state index < -0.39 is 53.7 Å². The highest BCUT2D eigenvalue weighted by atomic mass is 16.2. The average Bonchev–Trinajstić information content (AvgIpc) is 3.02. The summed E-state index contributed by atoms with van der Waals surface area (Å²) in [5.41, 5.74) is 1.84. The van der Waals surface area contributed by atoms with Gasteiger partial charge in [0.25, 0.3) is 5.91 Å². The van der Waals surface area contributed by atoms with Gasteiger partial charge in [0.15, 0.2) is 0 Å². The van der Waals surface area contributed by atoms with Gasteiger partial charge in [-0.25, -0.2) is 0 Å². The maximum absolute atomic E-state index is 14.0. The SMILES string of the molecule is CC[C@H]1CN(C(=O)c2cccc3ncccc23)CC(=O)N[C@H](C)C(=O)N[C@@H](CC(C)C)C(=O)N[C@@H](Cc2ccccc2)C(=O)N1. The third kappa shape index (κ3) is 8.87. The van der Waals surface area contributed by atoms with Gasteiger partial charge in [0.05, 0.1) is 12.1 Å². The molecule has 1 aromatic heterocycles. The van der Waals surface area contributed by atoms with Crippen LogP contribution >= 0.6 is 0 Å². The fraction of sp³-hybridized carbons (Fsp3) is 0.412. The first kappa shape index (κ1) is 33.1. The highest BCUT2D eigenvalue weighted by Gasteiger charge is 2.32. The molecule has 2 heterocycles. The summed E-state index contributed by atoms with van der Waals surface area (Å²) in [5, 5.41) is 11.9. The zero-order valence-electron chi connectivity index (χ0n) is 26.2. The van der Waals surface area contributed by atoms with Crippen LogP contribution in [0.3, 0.4) is 0 Å². The van der Waals surface area contributed by atoms with Crippen molar-refractivity contribution >= 4 is 40.4 Å². The normalized spacial score (nSPS) is 22.1. The van der Waals surface area contributed by atoms with Gasteiger partial charge in [-0.05, 0) is 49.4 Å². The molecule has 0 saturated carbocycles. The van der Waals surface area contributed by atoms with E-state index in [1.165, 1.54) is 11.8 Å². The second-order valence-electron chi connectivity index (χ2n) is 11.9. The van der Waals surface area contributed by atoms with Crippen LogP contribution in [-0.2, 0) is 25.6 Å². The summed E-state index contributed by atoms with van der Waals surface area (Å²) in [6.45, 7) is 6.93. The molecule has 1 aliphatic heterocycles. The van der Waals surface area contributed by atoms with E-state index in [0.29, 0.717) is 29.3 Å². The van der Waals surface area contributed by atoms with Crippen LogP contribution in [0.25, 0.3) is 10.9 Å². The molecule has 2 aromatic carbocycles. The maximum Gasteiger partial charge on any atom is 0.255 e. The highest BCUT2D eigenvalue weighted by Crippen LogP contribution is 2.19. The van der Waals surface area contributed by atoms with Crippen LogP contribution in [-0.4, -0.2) is 76.7 Å². The maximum atomic E-state index is 14.0. The van der Waals surface area contributed by atoms with E-state index in [1.807, 2.05) is 51.1 Å². The van der Waals surface area contributed by atoms with E-state index >= 15 is 0 Å². The Kier molecular flexibility index (Phi) is 11.2. The Hall–Kier alpha value is -4.80. The first-order chi connectivity index (χ1) is 21.5. The molecule has 4 N–H and O–H groups in total. The number of hydrogen-bond donors (Lipinski definition) is 4. The topological polar surface area (TPSA) is 150 Å². The van der Waals surface area contributed by atoms with E-state index in [1.54, 1.807) is 36.5 Å². The van der Waals surface area contributed by atoms with Crippen molar-refractivity contribution in [1.29, 1.82) is 0 Å². The predicted octanol–water partition coefficient (Wildman–Crippen LogP) is 2.35. The van der Waals surface area contributed by atoms with Crippen LogP contribution in [0, 0.1) is 5.92 Å². The fourth-order valence-electron chi connectivity index (χ4n) is 5.38. The molecular weight excluding hydrogens is 572 g/mol. The van der Waals surface area contributed by atoms with Crippen LogP contribution in [0.5, 0.6) is 0 Å². The highest BCUT2D eigenvalue weighted by molar-refractivity contribution is 6.07. The lowest BCUT2D eigenvalue weighted by atomic mass is 10.0. The minimum absolute atomic E-state index is 0.0215. The molecule has 3 aromatic rings. The van der Waals surface area contributed by atoms with Crippen molar-refractivity contribution in [3.05, 3.63) is 78.0 Å². The van der Waals surface area contributed by atoms with Crippen LogP contribution in [0.1, 0.15) is 56.5 Å². The number of pyridine rings is 1. The zero-order valence-corrected chi connectivity index (χ0v) is 26.2. The lowest BCUT2D eigenvalue weighted by molar-refractivity contribution is -0.133. The average molecular weight is 615 g/mol. The smallest absolute Gasteiger partial charge is 0.255 e. The Morgan fingerprint density at radius 3 is 2.29 bits per heavy atom. The number of amides is 5. The van der Waals surface area contributed by atoms with Gasteiger partial charge in [0, 0.05) is 36.2 Å². The second kappa shape index (κ2) is 15.3. The van der Waals surface area contributed by atoms with Gasteiger partial charge in [-0.15, -0.1) is 0 Å². The number of fused-ring (bicyclic) bond motifs is 1. The Bertz CT molecular complexity index is 1520. The molecule has 0 bridgehead atoms. The number of aromatic nitrogens is 1. The molecule has 11 nitrogen and oxygen atoms in total. The number of hydrogen-bond acceptors (Lipinski definition) is 6. The van der Waals surface area contributed by atoms with E-state index in [9.17, 15) is 24.0 Å². The molecule has 4 atom stereocenters.